The van der Waals surface area contributed by atoms with Crippen LogP contribution in [0.2, 0.25) is 0 Å². The van der Waals surface area contributed by atoms with Gasteiger partial charge >= 0.3 is 5.97 Å². The molecule has 0 saturated heterocycles. The fourth-order valence-electron chi connectivity index (χ4n) is 3.46. The van der Waals surface area contributed by atoms with E-state index in [1.165, 1.54) is 12.1 Å². The van der Waals surface area contributed by atoms with Crippen LogP contribution in [0.15, 0.2) is 94.3 Å². The summed E-state index contributed by atoms with van der Waals surface area (Å²) in [6, 6.07) is 24.7. The number of carbonyl (C=O) groups excluding carboxylic acids is 1. The van der Waals surface area contributed by atoms with Crippen LogP contribution in [0.4, 0.5) is 5.69 Å². The van der Waals surface area contributed by atoms with Crippen molar-refractivity contribution in [3.63, 3.8) is 0 Å². The molecule has 0 atom stereocenters. The second-order valence-electron chi connectivity index (χ2n) is 7.14. The molecule has 4 aromatic rings. The summed E-state index contributed by atoms with van der Waals surface area (Å²) < 4.78 is 35.3. The van der Waals surface area contributed by atoms with Gasteiger partial charge in [-0.3, -0.25) is 4.72 Å². The predicted molar refractivity (Wildman–Crippen MR) is 133 cm³/mol. The van der Waals surface area contributed by atoms with E-state index in [4.69, 9.17) is 4.74 Å². The van der Waals surface area contributed by atoms with Gasteiger partial charge in [-0.15, -0.1) is 0 Å². The lowest BCUT2D eigenvalue weighted by Gasteiger charge is -2.12. The molecule has 0 fully saturated rings. The Bertz CT molecular complexity index is 1370. The van der Waals surface area contributed by atoms with E-state index in [0.29, 0.717) is 11.4 Å². The molecule has 0 saturated carbocycles. The molecule has 33 heavy (non-hydrogen) atoms. The lowest BCUT2D eigenvalue weighted by atomic mass is 10.1. The molecule has 8 heteroatoms. The minimum atomic E-state index is -4.00. The van der Waals surface area contributed by atoms with E-state index >= 15 is 0 Å². The molecule has 0 spiro atoms. The topological polar surface area (TPSA) is 88.3 Å². The van der Waals surface area contributed by atoms with Crippen LogP contribution in [0.5, 0.6) is 0 Å². The van der Waals surface area contributed by atoms with E-state index in [1.54, 1.807) is 19.1 Å². The van der Waals surface area contributed by atoms with Gasteiger partial charge in [-0.2, -0.15) is 0 Å². The lowest BCUT2D eigenvalue weighted by molar-refractivity contribution is 0.0528. The monoisotopic (exact) mass is 524 g/mol. The number of carbonyl (C=O) groups is 1. The minimum Gasteiger partial charge on any atom is -0.462 e. The molecular formula is C25H21BrN2O4S. The van der Waals surface area contributed by atoms with E-state index in [0.717, 1.165) is 15.6 Å². The number of aromatic nitrogens is 1. The van der Waals surface area contributed by atoms with Gasteiger partial charge in [-0.1, -0.05) is 76.6 Å². The summed E-state index contributed by atoms with van der Waals surface area (Å²) in [6.07, 6.45) is 0. The predicted octanol–water partition coefficient (Wildman–Crippen LogP) is 6.09. The van der Waals surface area contributed by atoms with E-state index < -0.39 is 16.0 Å². The number of ether oxygens (including phenoxy) is 1. The second kappa shape index (κ2) is 9.64. The van der Waals surface area contributed by atoms with Crippen LogP contribution >= 0.6 is 15.9 Å². The van der Waals surface area contributed by atoms with Crippen LogP contribution in [0, 0.1) is 0 Å². The molecule has 6 nitrogen and oxygen atoms in total. The quantitative estimate of drug-likeness (QED) is 0.286. The van der Waals surface area contributed by atoms with Gasteiger partial charge in [0.25, 0.3) is 10.0 Å². The van der Waals surface area contributed by atoms with Gasteiger partial charge in [0, 0.05) is 10.0 Å². The number of esters is 1. The van der Waals surface area contributed by atoms with Crippen molar-refractivity contribution in [3.8, 4) is 22.5 Å². The minimum absolute atomic E-state index is 0.0713. The Morgan fingerprint density at radius 2 is 1.42 bits per heavy atom. The summed E-state index contributed by atoms with van der Waals surface area (Å²) >= 11 is 3.32. The second-order valence-corrected chi connectivity index (χ2v) is 9.74. The standard InChI is InChI=1S/C25H21BrN2O4S/c1-2-32-25(29)21-22(17-9-5-3-6-10-17)27-23(18-11-7-4-8-12-18)24(21)28-33(30,31)20-15-13-19(26)14-16-20/h3-16,27-28H,2H2,1H3. The average Bonchev–Trinajstić information content (AvgIpc) is 3.19. The van der Waals surface area contributed by atoms with Gasteiger partial charge in [0.05, 0.1) is 28.6 Å². The first-order valence-corrected chi connectivity index (χ1v) is 12.5. The van der Waals surface area contributed by atoms with Crippen LogP contribution < -0.4 is 4.72 Å². The SMILES string of the molecule is CCOC(=O)c1c(-c2ccccc2)[nH]c(-c2ccccc2)c1NS(=O)(=O)c1ccc(Br)cc1. The Balaban J connectivity index is 1.95. The molecule has 0 aliphatic carbocycles. The Labute approximate surface area is 200 Å². The number of aromatic amines is 1. The molecule has 2 N–H and O–H groups in total. The Kier molecular flexibility index (Phi) is 6.67. The molecule has 3 aromatic carbocycles. The van der Waals surface area contributed by atoms with Crippen molar-refractivity contribution in [3.05, 3.63) is 95.0 Å². The number of anilines is 1. The zero-order valence-electron chi connectivity index (χ0n) is 17.7. The first kappa shape index (κ1) is 22.8. The highest BCUT2D eigenvalue weighted by molar-refractivity contribution is 9.10. The largest absolute Gasteiger partial charge is 0.462 e. The maximum Gasteiger partial charge on any atom is 0.342 e. The molecule has 0 aliphatic heterocycles. The molecule has 4 rings (SSSR count). The summed E-state index contributed by atoms with van der Waals surface area (Å²) in [5, 5.41) is 0. The zero-order chi connectivity index (χ0) is 23.4. The highest BCUT2D eigenvalue weighted by Crippen LogP contribution is 2.39. The number of hydrogen-bond donors (Lipinski definition) is 2. The number of H-pyrrole nitrogens is 1. The Morgan fingerprint density at radius 1 is 0.879 bits per heavy atom. The number of benzene rings is 3. The van der Waals surface area contributed by atoms with E-state index in [9.17, 15) is 13.2 Å². The van der Waals surface area contributed by atoms with Crippen LogP contribution in [-0.2, 0) is 14.8 Å². The summed E-state index contributed by atoms with van der Waals surface area (Å²) in [5.74, 6) is -0.622. The first-order valence-electron chi connectivity index (χ1n) is 10.2. The van der Waals surface area contributed by atoms with Gasteiger partial charge in [-0.05, 0) is 36.8 Å². The maximum absolute atomic E-state index is 13.3. The summed E-state index contributed by atoms with van der Waals surface area (Å²) in [5.41, 5.74) is 2.66. The normalized spacial score (nSPS) is 11.2. The molecule has 0 aliphatic rings. The molecule has 0 amide bonds. The van der Waals surface area contributed by atoms with Crippen LogP contribution in [0.3, 0.4) is 0 Å². The van der Waals surface area contributed by atoms with Crippen molar-refractivity contribution in [2.45, 2.75) is 11.8 Å². The summed E-state index contributed by atoms with van der Waals surface area (Å²) in [6.45, 7) is 1.86. The van der Waals surface area contributed by atoms with E-state index in [2.05, 4.69) is 25.6 Å². The molecule has 1 aromatic heterocycles. The van der Waals surface area contributed by atoms with E-state index in [1.807, 2.05) is 60.7 Å². The third-order valence-corrected chi connectivity index (χ3v) is 6.86. The van der Waals surface area contributed by atoms with E-state index in [-0.39, 0.29) is 22.8 Å². The summed E-state index contributed by atoms with van der Waals surface area (Å²) in [7, 11) is -4.00. The van der Waals surface area contributed by atoms with Gasteiger partial charge in [-0.25, -0.2) is 13.2 Å². The fourth-order valence-corrected chi connectivity index (χ4v) is 4.81. The first-order chi connectivity index (χ1) is 15.9. The Hall–Kier alpha value is -3.36. The van der Waals surface area contributed by atoms with Crippen molar-refractivity contribution >= 4 is 37.6 Å². The third-order valence-electron chi connectivity index (χ3n) is 4.96. The maximum atomic E-state index is 13.3. The smallest absolute Gasteiger partial charge is 0.342 e. The number of nitrogens with one attached hydrogen (secondary N) is 2. The fraction of sp³-hybridized carbons (Fsp3) is 0.0800. The third kappa shape index (κ3) is 4.86. The van der Waals surface area contributed by atoms with Gasteiger partial charge in [0.2, 0.25) is 0 Å². The van der Waals surface area contributed by atoms with Crippen molar-refractivity contribution in [1.82, 2.24) is 4.98 Å². The molecule has 0 unspecified atom stereocenters. The number of rotatable bonds is 7. The number of sulfonamides is 1. The zero-order valence-corrected chi connectivity index (χ0v) is 20.1. The lowest BCUT2D eigenvalue weighted by Crippen LogP contribution is -2.16. The Morgan fingerprint density at radius 3 is 1.97 bits per heavy atom. The van der Waals surface area contributed by atoms with Gasteiger partial charge < -0.3 is 9.72 Å². The molecule has 0 radical (unpaired) electrons. The molecule has 1 heterocycles. The van der Waals surface area contributed by atoms with Crippen LogP contribution in [0.1, 0.15) is 17.3 Å². The summed E-state index contributed by atoms with van der Waals surface area (Å²) in [4.78, 5) is 16.4. The van der Waals surface area contributed by atoms with Crippen molar-refractivity contribution in [2.75, 3.05) is 11.3 Å². The highest BCUT2D eigenvalue weighted by atomic mass is 79.9. The molecule has 0 bridgehead atoms. The molecular weight excluding hydrogens is 504 g/mol. The van der Waals surface area contributed by atoms with Crippen LogP contribution in [-0.4, -0.2) is 26.0 Å². The highest BCUT2D eigenvalue weighted by Gasteiger charge is 2.29. The van der Waals surface area contributed by atoms with Crippen molar-refractivity contribution in [2.24, 2.45) is 0 Å². The van der Waals surface area contributed by atoms with Crippen molar-refractivity contribution in [1.29, 1.82) is 0 Å². The van der Waals surface area contributed by atoms with Crippen LogP contribution in [0.25, 0.3) is 22.5 Å². The molecule has 168 valence electrons. The van der Waals surface area contributed by atoms with Gasteiger partial charge in [0.1, 0.15) is 5.56 Å². The van der Waals surface area contributed by atoms with Gasteiger partial charge in [0.15, 0.2) is 0 Å². The number of halogens is 1. The van der Waals surface area contributed by atoms with Crippen molar-refractivity contribution < 1.29 is 17.9 Å². The number of hydrogen-bond acceptors (Lipinski definition) is 4. The average molecular weight is 525 g/mol.